The van der Waals surface area contributed by atoms with Gasteiger partial charge in [-0.3, -0.25) is 9.59 Å². The van der Waals surface area contributed by atoms with Gasteiger partial charge in [-0.1, -0.05) is 69.1 Å². The van der Waals surface area contributed by atoms with Crippen molar-refractivity contribution in [1.29, 1.82) is 0 Å². The molecule has 0 saturated heterocycles. The van der Waals surface area contributed by atoms with E-state index in [0.717, 1.165) is 6.42 Å². The third-order valence-electron chi connectivity index (χ3n) is 5.65. The molecule has 0 radical (unpaired) electrons. The summed E-state index contributed by atoms with van der Waals surface area (Å²) >= 11 is 12.4. The lowest BCUT2D eigenvalue weighted by molar-refractivity contribution is -0.143. The van der Waals surface area contributed by atoms with Crippen molar-refractivity contribution in [3.8, 4) is 5.75 Å². The van der Waals surface area contributed by atoms with Crippen molar-refractivity contribution >= 4 is 35.0 Å². The molecule has 0 aliphatic heterocycles. The molecule has 2 atom stereocenters. The monoisotopic (exact) mass is 492 g/mol. The van der Waals surface area contributed by atoms with Crippen LogP contribution < -0.4 is 10.1 Å². The number of carbonyl (C=O) groups is 2. The van der Waals surface area contributed by atoms with Crippen molar-refractivity contribution in [2.45, 2.75) is 72.0 Å². The van der Waals surface area contributed by atoms with E-state index in [4.69, 9.17) is 27.9 Å². The van der Waals surface area contributed by atoms with E-state index in [2.05, 4.69) is 19.2 Å². The van der Waals surface area contributed by atoms with Crippen molar-refractivity contribution < 1.29 is 14.3 Å². The lowest BCUT2D eigenvalue weighted by Crippen LogP contribution is -2.51. The van der Waals surface area contributed by atoms with Crippen molar-refractivity contribution in [3.05, 3.63) is 63.6 Å². The molecule has 0 heterocycles. The second-order valence-electron chi connectivity index (χ2n) is 8.51. The van der Waals surface area contributed by atoms with Crippen LogP contribution in [0.25, 0.3) is 0 Å². The Morgan fingerprint density at radius 1 is 1.00 bits per heavy atom. The Bertz CT molecular complexity index is 932. The normalized spacial score (nSPS) is 12.8. The van der Waals surface area contributed by atoms with Gasteiger partial charge in [0.25, 0.3) is 5.91 Å². The molecule has 2 rings (SSSR count). The molecule has 2 unspecified atom stereocenters. The number of halogens is 2. The molecule has 0 fully saturated rings. The van der Waals surface area contributed by atoms with Crippen molar-refractivity contribution in [3.63, 3.8) is 0 Å². The summed E-state index contributed by atoms with van der Waals surface area (Å²) in [5.74, 6) is 0.538. The van der Waals surface area contributed by atoms with Gasteiger partial charge in [0.2, 0.25) is 5.91 Å². The molecule has 2 aromatic rings. The van der Waals surface area contributed by atoms with Crippen LogP contribution in [-0.4, -0.2) is 35.4 Å². The highest BCUT2D eigenvalue weighted by Gasteiger charge is 2.30. The summed E-state index contributed by atoms with van der Waals surface area (Å²) in [4.78, 5) is 27.8. The van der Waals surface area contributed by atoms with Gasteiger partial charge in [0.05, 0.1) is 0 Å². The molecule has 2 aromatic carbocycles. The summed E-state index contributed by atoms with van der Waals surface area (Å²) in [7, 11) is 0. The first-order chi connectivity index (χ1) is 15.7. The Morgan fingerprint density at radius 2 is 1.67 bits per heavy atom. The molecule has 2 amide bonds. The fourth-order valence-electron chi connectivity index (χ4n) is 3.37. The number of rotatable bonds is 11. The van der Waals surface area contributed by atoms with Gasteiger partial charge in [0.1, 0.15) is 11.8 Å². The summed E-state index contributed by atoms with van der Waals surface area (Å²) in [6.45, 7) is 10.1. The number of nitrogens with one attached hydrogen (secondary N) is 1. The number of hydrogen-bond acceptors (Lipinski definition) is 3. The Labute approximate surface area is 207 Å². The Balaban J connectivity index is 2.23. The fraction of sp³-hybridized carbons (Fsp3) is 0.462. The number of benzene rings is 2. The van der Waals surface area contributed by atoms with Crippen molar-refractivity contribution in [1.82, 2.24) is 10.2 Å². The lowest BCUT2D eigenvalue weighted by Gasteiger charge is -2.31. The Hall–Kier alpha value is -2.24. The molecule has 0 bridgehead atoms. The van der Waals surface area contributed by atoms with Crippen LogP contribution >= 0.6 is 23.2 Å². The smallest absolute Gasteiger partial charge is 0.261 e. The molecular weight excluding hydrogens is 459 g/mol. The SMILES string of the molecule is CCC(C)NC(=O)C(CC)N(Cc1ccc(Cl)cc1Cl)C(=O)COc1ccc(C(C)C)cc1. The summed E-state index contributed by atoms with van der Waals surface area (Å²) < 4.78 is 5.77. The van der Waals surface area contributed by atoms with E-state index in [-0.39, 0.29) is 31.0 Å². The fourth-order valence-corrected chi connectivity index (χ4v) is 3.84. The van der Waals surface area contributed by atoms with E-state index in [1.165, 1.54) is 10.5 Å². The van der Waals surface area contributed by atoms with E-state index < -0.39 is 6.04 Å². The highest BCUT2D eigenvalue weighted by atomic mass is 35.5. The largest absolute Gasteiger partial charge is 0.484 e. The van der Waals surface area contributed by atoms with Crippen molar-refractivity contribution in [2.75, 3.05) is 6.61 Å². The summed E-state index contributed by atoms with van der Waals surface area (Å²) in [6, 6.07) is 12.2. The first-order valence-corrected chi connectivity index (χ1v) is 12.2. The number of amides is 2. The first kappa shape index (κ1) is 27.0. The molecule has 0 aliphatic carbocycles. The standard InChI is InChI=1S/C26H34Cl2N2O3/c1-6-18(5)29-26(32)24(7-2)30(15-20-8-11-21(27)14-23(20)28)25(31)16-33-22-12-9-19(10-13-22)17(3)4/h8-14,17-18,24H,6-7,15-16H2,1-5H3,(H,29,32). The molecule has 0 spiro atoms. The third-order valence-corrected chi connectivity index (χ3v) is 6.24. The molecule has 0 saturated carbocycles. The summed E-state index contributed by atoms with van der Waals surface area (Å²) in [5, 5.41) is 3.95. The minimum atomic E-state index is -0.648. The van der Waals surface area contributed by atoms with Crippen LogP contribution in [-0.2, 0) is 16.1 Å². The van der Waals surface area contributed by atoms with Gasteiger partial charge in [0, 0.05) is 22.6 Å². The average molecular weight is 493 g/mol. The van der Waals surface area contributed by atoms with Gasteiger partial charge >= 0.3 is 0 Å². The quantitative estimate of drug-likeness (QED) is 0.405. The van der Waals surface area contributed by atoms with Gasteiger partial charge in [-0.15, -0.1) is 0 Å². The zero-order valence-electron chi connectivity index (χ0n) is 20.0. The maximum Gasteiger partial charge on any atom is 0.261 e. The van der Waals surface area contributed by atoms with Gasteiger partial charge < -0.3 is 15.0 Å². The van der Waals surface area contributed by atoms with E-state index in [0.29, 0.717) is 33.7 Å². The van der Waals surface area contributed by atoms with Crippen LogP contribution in [0.4, 0.5) is 0 Å². The summed E-state index contributed by atoms with van der Waals surface area (Å²) in [6.07, 6.45) is 1.26. The minimum absolute atomic E-state index is 0.0124. The molecule has 5 nitrogen and oxygen atoms in total. The predicted octanol–water partition coefficient (Wildman–Crippen LogP) is 6.22. The van der Waals surface area contributed by atoms with E-state index in [1.54, 1.807) is 18.2 Å². The number of carbonyl (C=O) groups excluding carboxylic acids is 2. The van der Waals surface area contributed by atoms with E-state index >= 15 is 0 Å². The van der Waals surface area contributed by atoms with Gasteiger partial charge in [0.15, 0.2) is 6.61 Å². The van der Waals surface area contributed by atoms with Gasteiger partial charge in [-0.25, -0.2) is 0 Å². The topological polar surface area (TPSA) is 58.6 Å². The van der Waals surface area contributed by atoms with Crippen LogP contribution in [0.1, 0.15) is 64.5 Å². The maximum absolute atomic E-state index is 13.3. The van der Waals surface area contributed by atoms with Crippen LogP contribution in [0.2, 0.25) is 10.0 Å². The molecule has 0 aromatic heterocycles. The van der Waals surface area contributed by atoms with Crippen LogP contribution in [0, 0.1) is 0 Å². The Morgan fingerprint density at radius 3 is 2.21 bits per heavy atom. The number of ether oxygens (including phenoxy) is 1. The van der Waals surface area contributed by atoms with Gasteiger partial charge in [-0.05, 0) is 61.1 Å². The third kappa shape index (κ3) is 7.94. The van der Waals surface area contributed by atoms with Crippen LogP contribution in [0.3, 0.4) is 0 Å². The molecule has 180 valence electrons. The first-order valence-electron chi connectivity index (χ1n) is 11.4. The molecule has 33 heavy (non-hydrogen) atoms. The average Bonchev–Trinajstić information content (AvgIpc) is 2.78. The highest BCUT2D eigenvalue weighted by Crippen LogP contribution is 2.24. The number of hydrogen-bond donors (Lipinski definition) is 1. The van der Waals surface area contributed by atoms with Crippen LogP contribution in [0.15, 0.2) is 42.5 Å². The molecule has 1 N–H and O–H groups in total. The zero-order valence-corrected chi connectivity index (χ0v) is 21.5. The Kier molecular flexibility index (Phi) is 10.5. The zero-order chi connectivity index (χ0) is 24.5. The van der Waals surface area contributed by atoms with Crippen LogP contribution in [0.5, 0.6) is 5.75 Å². The van der Waals surface area contributed by atoms with E-state index in [1.807, 2.05) is 45.0 Å². The maximum atomic E-state index is 13.3. The van der Waals surface area contributed by atoms with E-state index in [9.17, 15) is 9.59 Å². The van der Waals surface area contributed by atoms with Gasteiger partial charge in [-0.2, -0.15) is 0 Å². The lowest BCUT2D eigenvalue weighted by atomic mass is 10.0. The molecular formula is C26H34Cl2N2O3. The second kappa shape index (κ2) is 12.9. The minimum Gasteiger partial charge on any atom is -0.484 e. The summed E-state index contributed by atoms with van der Waals surface area (Å²) in [5.41, 5.74) is 1.91. The molecule has 0 aliphatic rings. The number of nitrogens with zero attached hydrogens (tertiary/aromatic N) is 1. The van der Waals surface area contributed by atoms with Crippen molar-refractivity contribution in [2.24, 2.45) is 0 Å². The second-order valence-corrected chi connectivity index (χ2v) is 9.36. The predicted molar refractivity (Wildman–Crippen MR) is 135 cm³/mol. The highest BCUT2D eigenvalue weighted by molar-refractivity contribution is 6.35. The molecule has 7 heteroatoms.